The third-order valence-corrected chi connectivity index (χ3v) is 5.01. The molecule has 84 valence electrons. The molecule has 0 aliphatic heterocycles. The molecular formula is C14H23N. The molecule has 2 bridgehead atoms. The minimum Gasteiger partial charge on any atom is -0.313 e. The Kier molecular flexibility index (Phi) is 2.59. The molecule has 1 heteroatoms. The molecule has 0 aromatic heterocycles. The molecule has 0 amide bonds. The SMILES string of the molecule is CNC(C1=CCCC1)C1CC2CCC1C2. The third-order valence-electron chi connectivity index (χ3n) is 5.01. The molecular weight excluding hydrogens is 182 g/mol. The zero-order chi connectivity index (χ0) is 10.3. The second kappa shape index (κ2) is 3.93. The van der Waals surface area contributed by atoms with Crippen molar-refractivity contribution < 1.29 is 0 Å². The van der Waals surface area contributed by atoms with Crippen LogP contribution in [0, 0.1) is 17.8 Å². The van der Waals surface area contributed by atoms with Crippen molar-refractivity contribution in [2.75, 3.05) is 7.05 Å². The van der Waals surface area contributed by atoms with Crippen LogP contribution in [-0.4, -0.2) is 13.1 Å². The summed E-state index contributed by atoms with van der Waals surface area (Å²) in [7, 11) is 2.16. The van der Waals surface area contributed by atoms with Gasteiger partial charge in [0.05, 0.1) is 0 Å². The molecule has 15 heavy (non-hydrogen) atoms. The van der Waals surface area contributed by atoms with E-state index in [0.29, 0.717) is 0 Å². The lowest BCUT2D eigenvalue weighted by Crippen LogP contribution is -2.37. The molecule has 1 nitrogen and oxygen atoms in total. The van der Waals surface area contributed by atoms with Crippen molar-refractivity contribution in [3.8, 4) is 0 Å². The van der Waals surface area contributed by atoms with Crippen molar-refractivity contribution in [3.05, 3.63) is 11.6 Å². The molecule has 3 aliphatic carbocycles. The molecule has 0 spiro atoms. The normalized spacial score (nSPS) is 40.9. The van der Waals surface area contributed by atoms with E-state index >= 15 is 0 Å². The van der Waals surface area contributed by atoms with Gasteiger partial charge in [0.15, 0.2) is 0 Å². The number of hydrogen-bond donors (Lipinski definition) is 1. The monoisotopic (exact) mass is 205 g/mol. The zero-order valence-electron chi connectivity index (χ0n) is 9.84. The minimum atomic E-state index is 0.725. The molecule has 4 unspecified atom stereocenters. The number of rotatable bonds is 3. The largest absolute Gasteiger partial charge is 0.313 e. The molecule has 0 aromatic rings. The van der Waals surface area contributed by atoms with Crippen LogP contribution in [0.5, 0.6) is 0 Å². The zero-order valence-corrected chi connectivity index (χ0v) is 9.84. The molecule has 4 atom stereocenters. The smallest absolute Gasteiger partial charge is 0.0307 e. The highest BCUT2D eigenvalue weighted by molar-refractivity contribution is 5.18. The molecule has 3 aliphatic rings. The number of allylic oxidation sites excluding steroid dienone is 1. The predicted molar refractivity (Wildman–Crippen MR) is 63.7 cm³/mol. The number of nitrogens with one attached hydrogen (secondary N) is 1. The van der Waals surface area contributed by atoms with Crippen LogP contribution in [-0.2, 0) is 0 Å². The van der Waals surface area contributed by atoms with Crippen LogP contribution in [0.1, 0.15) is 44.9 Å². The summed E-state index contributed by atoms with van der Waals surface area (Å²) in [5.41, 5.74) is 1.73. The maximum atomic E-state index is 3.60. The summed E-state index contributed by atoms with van der Waals surface area (Å²) < 4.78 is 0. The van der Waals surface area contributed by atoms with Crippen molar-refractivity contribution in [1.29, 1.82) is 0 Å². The van der Waals surface area contributed by atoms with Gasteiger partial charge in [0, 0.05) is 6.04 Å². The Morgan fingerprint density at radius 2 is 2.27 bits per heavy atom. The van der Waals surface area contributed by atoms with Crippen molar-refractivity contribution >= 4 is 0 Å². The van der Waals surface area contributed by atoms with E-state index < -0.39 is 0 Å². The fourth-order valence-electron chi connectivity index (χ4n) is 4.35. The highest BCUT2D eigenvalue weighted by Gasteiger charge is 2.43. The van der Waals surface area contributed by atoms with Gasteiger partial charge in [0.25, 0.3) is 0 Å². The molecule has 2 saturated carbocycles. The highest BCUT2D eigenvalue weighted by Crippen LogP contribution is 2.50. The topological polar surface area (TPSA) is 12.0 Å². The van der Waals surface area contributed by atoms with Gasteiger partial charge in [-0.2, -0.15) is 0 Å². The number of fused-ring (bicyclic) bond motifs is 2. The quantitative estimate of drug-likeness (QED) is 0.698. The van der Waals surface area contributed by atoms with Crippen LogP contribution >= 0.6 is 0 Å². The average Bonchev–Trinajstić information content (AvgIpc) is 2.94. The average molecular weight is 205 g/mol. The summed E-state index contributed by atoms with van der Waals surface area (Å²) in [4.78, 5) is 0. The second-order valence-electron chi connectivity index (χ2n) is 5.78. The summed E-state index contributed by atoms with van der Waals surface area (Å²) in [5.74, 6) is 3.10. The maximum Gasteiger partial charge on any atom is 0.0307 e. The van der Waals surface area contributed by atoms with Gasteiger partial charge in [-0.1, -0.05) is 18.1 Å². The van der Waals surface area contributed by atoms with Gasteiger partial charge in [-0.05, 0) is 63.3 Å². The minimum absolute atomic E-state index is 0.725. The summed E-state index contributed by atoms with van der Waals surface area (Å²) >= 11 is 0. The number of likely N-dealkylation sites (N-methyl/N-ethyl adjacent to an activating group) is 1. The molecule has 1 N–H and O–H groups in total. The van der Waals surface area contributed by atoms with E-state index in [4.69, 9.17) is 0 Å². The Morgan fingerprint density at radius 3 is 2.80 bits per heavy atom. The highest BCUT2D eigenvalue weighted by atomic mass is 14.9. The van der Waals surface area contributed by atoms with Crippen LogP contribution in [0.4, 0.5) is 0 Å². The lowest BCUT2D eigenvalue weighted by molar-refractivity contribution is 0.277. The fraction of sp³-hybridized carbons (Fsp3) is 0.857. The summed E-state index contributed by atoms with van der Waals surface area (Å²) in [6, 6.07) is 0.725. The van der Waals surface area contributed by atoms with Gasteiger partial charge in [-0.25, -0.2) is 0 Å². The second-order valence-corrected chi connectivity index (χ2v) is 5.78. The summed E-state index contributed by atoms with van der Waals surface area (Å²) in [5, 5.41) is 3.60. The molecule has 2 fully saturated rings. The van der Waals surface area contributed by atoms with Crippen LogP contribution in [0.2, 0.25) is 0 Å². The van der Waals surface area contributed by atoms with E-state index in [1.165, 1.54) is 44.9 Å². The Morgan fingerprint density at radius 1 is 1.33 bits per heavy atom. The molecule has 3 rings (SSSR count). The van der Waals surface area contributed by atoms with E-state index in [1.54, 1.807) is 5.57 Å². The summed E-state index contributed by atoms with van der Waals surface area (Å²) in [6.45, 7) is 0. The van der Waals surface area contributed by atoms with Gasteiger partial charge in [0.1, 0.15) is 0 Å². The van der Waals surface area contributed by atoms with Crippen LogP contribution in [0.25, 0.3) is 0 Å². The van der Waals surface area contributed by atoms with Gasteiger partial charge in [-0.3, -0.25) is 0 Å². The van der Waals surface area contributed by atoms with E-state index in [0.717, 1.165) is 23.8 Å². The Hall–Kier alpha value is -0.300. The van der Waals surface area contributed by atoms with Crippen LogP contribution in [0.15, 0.2) is 11.6 Å². The lowest BCUT2D eigenvalue weighted by Gasteiger charge is -2.31. The Labute approximate surface area is 93.3 Å². The van der Waals surface area contributed by atoms with Gasteiger partial charge >= 0.3 is 0 Å². The molecule has 0 saturated heterocycles. The first-order chi connectivity index (χ1) is 7.38. The van der Waals surface area contributed by atoms with Gasteiger partial charge in [0.2, 0.25) is 0 Å². The van der Waals surface area contributed by atoms with Crippen molar-refractivity contribution in [1.82, 2.24) is 5.32 Å². The van der Waals surface area contributed by atoms with Gasteiger partial charge < -0.3 is 5.32 Å². The van der Waals surface area contributed by atoms with Crippen LogP contribution in [0.3, 0.4) is 0 Å². The molecule has 0 heterocycles. The van der Waals surface area contributed by atoms with Crippen molar-refractivity contribution in [3.63, 3.8) is 0 Å². The number of hydrogen-bond acceptors (Lipinski definition) is 1. The van der Waals surface area contributed by atoms with E-state index in [-0.39, 0.29) is 0 Å². The first-order valence-electron chi connectivity index (χ1n) is 6.74. The first kappa shape index (κ1) is 9.89. The molecule has 0 radical (unpaired) electrons. The fourth-order valence-corrected chi connectivity index (χ4v) is 4.35. The Balaban J connectivity index is 1.73. The Bertz CT molecular complexity index is 269. The van der Waals surface area contributed by atoms with Crippen molar-refractivity contribution in [2.45, 2.75) is 51.0 Å². The maximum absolute atomic E-state index is 3.60. The summed E-state index contributed by atoms with van der Waals surface area (Å²) in [6.07, 6.45) is 12.7. The standard InChI is InChI=1S/C14H23N/c1-15-14(11-4-2-3-5-11)13-9-10-6-7-12(13)8-10/h4,10,12-15H,2-3,5-9H2,1H3. The van der Waals surface area contributed by atoms with Crippen LogP contribution < -0.4 is 5.32 Å². The van der Waals surface area contributed by atoms with E-state index in [2.05, 4.69) is 18.4 Å². The first-order valence-corrected chi connectivity index (χ1v) is 6.74. The van der Waals surface area contributed by atoms with E-state index in [1.807, 2.05) is 0 Å². The predicted octanol–water partition coefficient (Wildman–Crippen LogP) is 3.12. The van der Waals surface area contributed by atoms with Crippen molar-refractivity contribution in [2.24, 2.45) is 17.8 Å². The third kappa shape index (κ3) is 1.65. The van der Waals surface area contributed by atoms with E-state index in [9.17, 15) is 0 Å². The van der Waals surface area contributed by atoms with Gasteiger partial charge in [-0.15, -0.1) is 0 Å². The molecule has 0 aromatic carbocycles. The lowest BCUT2D eigenvalue weighted by atomic mass is 9.80.